The summed E-state index contributed by atoms with van der Waals surface area (Å²) >= 11 is 0. The molecule has 1 amide bonds. The Labute approximate surface area is 142 Å². The van der Waals surface area contributed by atoms with Gasteiger partial charge < -0.3 is 4.90 Å². The zero-order chi connectivity index (χ0) is 16.7. The summed E-state index contributed by atoms with van der Waals surface area (Å²) in [5.74, 6) is -0.0227. The molecule has 1 aliphatic heterocycles. The number of fused-ring (bicyclic) bond motifs is 1. The van der Waals surface area contributed by atoms with Crippen LogP contribution in [0.3, 0.4) is 0 Å². The molecule has 0 atom stereocenters. The lowest BCUT2D eigenvalue weighted by atomic mass is 9.96. The highest BCUT2D eigenvalue weighted by molar-refractivity contribution is 6.32. The third-order valence-corrected chi connectivity index (χ3v) is 4.42. The third-order valence-electron chi connectivity index (χ3n) is 4.42. The zero-order valence-corrected chi connectivity index (χ0v) is 13.4. The minimum Gasteiger partial charge on any atom is -0.307 e. The topological polar surface area (TPSA) is 38.1 Å². The van der Waals surface area contributed by atoms with Gasteiger partial charge in [-0.3, -0.25) is 4.79 Å². The van der Waals surface area contributed by atoms with Gasteiger partial charge in [0.05, 0.1) is 11.4 Å². The van der Waals surface area contributed by atoms with Crippen molar-refractivity contribution in [3.05, 3.63) is 71.5 Å². The normalized spacial score (nSPS) is 13.9. The van der Waals surface area contributed by atoms with E-state index in [0.717, 1.165) is 29.1 Å². The van der Waals surface area contributed by atoms with Crippen LogP contribution in [0, 0.1) is 6.92 Å². The Morgan fingerprint density at radius 2 is 1.71 bits per heavy atom. The quantitative estimate of drug-likeness (QED) is 0.680. The van der Waals surface area contributed by atoms with E-state index >= 15 is 0 Å². The fraction of sp³-hybridized carbons (Fsp3) is 0.158. The van der Waals surface area contributed by atoms with Crippen LogP contribution in [-0.4, -0.2) is 30.1 Å². The Balaban J connectivity index is 1.80. The van der Waals surface area contributed by atoms with Gasteiger partial charge in [-0.05, 0) is 37.6 Å². The minimum absolute atomic E-state index is 0.0227. The van der Waals surface area contributed by atoms with Crippen molar-refractivity contribution in [1.29, 1.82) is 0 Å². The van der Waals surface area contributed by atoms with Crippen LogP contribution in [0.2, 0.25) is 0 Å². The van der Waals surface area contributed by atoms with Gasteiger partial charge in [-0.15, -0.1) is 0 Å². The van der Waals surface area contributed by atoms with Crippen LogP contribution < -0.4 is 10.4 Å². The maximum absolute atomic E-state index is 13.1. The van der Waals surface area contributed by atoms with Gasteiger partial charge in [-0.2, -0.15) is 5.10 Å². The number of carbonyl (C=O) groups excluding carboxylic acids is 1. The van der Waals surface area contributed by atoms with E-state index in [9.17, 15) is 4.79 Å². The van der Waals surface area contributed by atoms with Crippen LogP contribution in [0.15, 0.2) is 54.6 Å². The molecule has 0 spiro atoms. The summed E-state index contributed by atoms with van der Waals surface area (Å²) in [6, 6.07) is 17.2. The predicted octanol–water partition coefficient (Wildman–Crippen LogP) is 2.18. The van der Waals surface area contributed by atoms with Crippen LogP contribution in [0.5, 0.6) is 0 Å². The second kappa shape index (κ2) is 5.67. The van der Waals surface area contributed by atoms with Crippen molar-refractivity contribution < 1.29 is 4.79 Å². The van der Waals surface area contributed by atoms with E-state index in [1.807, 2.05) is 61.5 Å². The highest BCUT2D eigenvalue weighted by atomic mass is 16.2. The molecule has 0 fully saturated rings. The van der Waals surface area contributed by atoms with Crippen LogP contribution in [-0.2, 0) is 6.42 Å². The van der Waals surface area contributed by atoms with Crippen LogP contribution >= 0.6 is 0 Å². The molecule has 24 heavy (non-hydrogen) atoms. The van der Waals surface area contributed by atoms with E-state index < -0.39 is 0 Å². The van der Waals surface area contributed by atoms with Gasteiger partial charge >= 0.3 is 0 Å². The Morgan fingerprint density at radius 3 is 2.42 bits per heavy atom. The monoisotopic (exact) mass is 313 g/mol. The molecule has 2 heterocycles. The largest absolute Gasteiger partial charge is 0.307 e. The molecule has 1 aliphatic rings. The highest BCUT2D eigenvalue weighted by Gasteiger charge is 2.31. The van der Waals surface area contributed by atoms with Crippen LogP contribution in [0.4, 0.5) is 5.69 Å². The number of nitrogens with zero attached hydrogens (tertiary/aromatic N) is 3. The molecule has 4 nitrogen and oxygen atoms in total. The standard InChI is InChI=1S/C19H16BN3O/c1-13-17-11-12-22(15-9-7-14(20)8-10-15)19(24)18(17)23(21-13)16-5-3-2-4-6-16/h2-10H,11-12H2,1H3. The van der Waals surface area contributed by atoms with E-state index in [4.69, 9.17) is 7.85 Å². The van der Waals surface area contributed by atoms with Gasteiger partial charge in [0.15, 0.2) is 0 Å². The number of aryl methyl sites for hydroxylation is 1. The summed E-state index contributed by atoms with van der Waals surface area (Å²) in [4.78, 5) is 14.9. The molecule has 3 aromatic rings. The molecule has 0 saturated heterocycles. The first-order valence-electron chi connectivity index (χ1n) is 7.96. The Kier molecular flexibility index (Phi) is 3.49. The Morgan fingerprint density at radius 1 is 1.00 bits per heavy atom. The van der Waals surface area contributed by atoms with Gasteiger partial charge in [0.2, 0.25) is 0 Å². The molecule has 0 bridgehead atoms. The maximum Gasteiger partial charge on any atom is 0.277 e. The molecule has 0 N–H and O–H groups in total. The van der Waals surface area contributed by atoms with E-state index in [1.165, 1.54) is 0 Å². The van der Waals surface area contributed by atoms with Gasteiger partial charge in [-0.1, -0.05) is 35.8 Å². The molecule has 0 unspecified atom stereocenters. The molecule has 5 heteroatoms. The number of aromatic nitrogens is 2. The maximum atomic E-state index is 13.1. The fourth-order valence-corrected chi connectivity index (χ4v) is 3.19. The summed E-state index contributed by atoms with van der Waals surface area (Å²) in [5.41, 5.74) is 5.05. The lowest BCUT2D eigenvalue weighted by Gasteiger charge is -2.28. The van der Waals surface area contributed by atoms with Crippen molar-refractivity contribution in [2.75, 3.05) is 11.4 Å². The van der Waals surface area contributed by atoms with Crippen molar-refractivity contribution >= 4 is 24.9 Å². The first-order valence-corrected chi connectivity index (χ1v) is 7.96. The molecule has 116 valence electrons. The molecule has 4 rings (SSSR count). The molecular formula is C19H16BN3O. The lowest BCUT2D eigenvalue weighted by molar-refractivity contribution is 0.0973. The number of para-hydroxylation sites is 1. The number of hydrogen-bond acceptors (Lipinski definition) is 2. The van der Waals surface area contributed by atoms with Crippen LogP contribution in [0.25, 0.3) is 5.69 Å². The fourth-order valence-electron chi connectivity index (χ4n) is 3.19. The van der Waals surface area contributed by atoms with Crippen molar-refractivity contribution in [3.8, 4) is 5.69 Å². The van der Waals surface area contributed by atoms with Crippen LogP contribution in [0.1, 0.15) is 21.7 Å². The minimum atomic E-state index is -0.0227. The smallest absolute Gasteiger partial charge is 0.277 e. The zero-order valence-electron chi connectivity index (χ0n) is 13.4. The number of hydrogen-bond donors (Lipinski definition) is 0. The Hall–Kier alpha value is -2.82. The van der Waals surface area contributed by atoms with E-state index in [-0.39, 0.29) is 5.91 Å². The molecule has 2 aromatic carbocycles. The summed E-state index contributed by atoms with van der Waals surface area (Å²) in [7, 11) is 5.75. The average Bonchev–Trinajstić information content (AvgIpc) is 2.95. The summed E-state index contributed by atoms with van der Waals surface area (Å²) in [6.45, 7) is 2.61. The van der Waals surface area contributed by atoms with E-state index in [1.54, 1.807) is 9.58 Å². The third kappa shape index (κ3) is 2.33. The molecular weight excluding hydrogens is 297 g/mol. The molecule has 1 aromatic heterocycles. The second-order valence-corrected chi connectivity index (χ2v) is 5.96. The molecule has 0 saturated carbocycles. The first kappa shape index (κ1) is 14.8. The van der Waals surface area contributed by atoms with E-state index in [0.29, 0.717) is 17.7 Å². The summed E-state index contributed by atoms with van der Waals surface area (Å²) < 4.78 is 1.76. The molecule has 2 radical (unpaired) electrons. The average molecular weight is 313 g/mol. The lowest BCUT2D eigenvalue weighted by Crippen LogP contribution is -2.39. The number of carbonyl (C=O) groups is 1. The summed E-state index contributed by atoms with van der Waals surface area (Å²) in [6.07, 6.45) is 0.796. The number of amides is 1. The van der Waals surface area contributed by atoms with E-state index in [2.05, 4.69) is 5.10 Å². The predicted molar refractivity (Wildman–Crippen MR) is 95.5 cm³/mol. The van der Waals surface area contributed by atoms with Gasteiger partial charge in [0.25, 0.3) is 5.91 Å². The van der Waals surface area contributed by atoms with Gasteiger partial charge in [0, 0.05) is 17.8 Å². The number of anilines is 1. The van der Waals surface area contributed by atoms with Crippen molar-refractivity contribution in [2.24, 2.45) is 0 Å². The van der Waals surface area contributed by atoms with Crippen molar-refractivity contribution in [1.82, 2.24) is 9.78 Å². The SMILES string of the molecule is [B]c1ccc(N2CCc3c(C)nn(-c4ccccc4)c3C2=O)cc1. The summed E-state index contributed by atoms with van der Waals surface area (Å²) in [5, 5.41) is 4.60. The highest BCUT2D eigenvalue weighted by Crippen LogP contribution is 2.28. The van der Waals surface area contributed by atoms with Crippen molar-refractivity contribution in [2.45, 2.75) is 13.3 Å². The number of rotatable bonds is 2. The van der Waals surface area contributed by atoms with Gasteiger partial charge in [0.1, 0.15) is 13.5 Å². The van der Waals surface area contributed by atoms with Crippen molar-refractivity contribution in [3.63, 3.8) is 0 Å². The number of benzene rings is 2. The second-order valence-electron chi connectivity index (χ2n) is 5.96. The molecule has 0 aliphatic carbocycles. The first-order chi connectivity index (χ1) is 11.6. The Bertz CT molecular complexity index is 900. The van der Waals surface area contributed by atoms with Gasteiger partial charge in [-0.25, -0.2) is 4.68 Å².